The van der Waals surface area contributed by atoms with E-state index < -0.39 is 8.24 Å². The van der Waals surface area contributed by atoms with Crippen LogP contribution in [-0.2, 0) is 10.8 Å². The molecule has 252 valence electrons. The standard InChI is InChI=1S/C44H67NSi/c1-14-16-26-44(27-17-15-2)38-29-32(31-18-22-34(23-19-31)41(3,4)5)20-24-35(38)37-28-33-21-25-40(36(33)30-39(37)44)46(12,13)45(42(6,7)8)43(9,10)11/h18-20,22-24,28-30,33,36,40H,14-17,21,25-27H2,1-13H3. The van der Waals surface area contributed by atoms with Crippen LogP contribution in [0.5, 0.6) is 0 Å². The number of allylic oxidation sites excluding steroid dienone is 4. The first kappa shape index (κ1) is 35.4. The SMILES string of the molecule is CCCCC1(CCCC)C2=CC3C(C=C2c2ccc(-c4ccc(C(C)(C)C)cc4)cc21)CCC3[Si](C)(C)N(C(C)(C)C)C(C)(C)C. The predicted molar refractivity (Wildman–Crippen MR) is 206 cm³/mol. The van der Waals surface area contributed by atoms with Gasteiger partial charge in [0.2, 0.25) is 0 Å². The maximum atomic E-state index is 2.99. The summed E-state index contributed by atoms with van der Waals surface area (Å²) < 4.78 is 2.99. The van der Waals surface area contributed by atoms with E-state index in [2.05, 4.69) is 148 Å². The quantitative estimate of drug-likeness (QED) is 0.247. The molecular weight excluding hydrogens is 571 g/mol. The molecule has 3 aliphatic carbocycles. The highest BCUT2D eigenvalue weighted by Crippen LogP contribution is 2.62. The van der Waals surface area contributed by atoms with Crippen LogP contribution in [0, 0.1) is 11.8 Å². The van der Waals surface area contributed by atoms with E-state index >= 15 is 0 Å². The van der Waals surface area contributed by atoms with Crippen LogP contribution in [0.4, 0.5) is 0 Å². The lowest BCUT2D eigenvalue weighted by Crippen LogP contribution is -2.67. The van der Waals surface area contributed by atoms with Crippen LogP contribution < -0.4 is 0 Å². The molecule has 0 N–H and O–H groups in total. The van der Waals surface area contributed by atoms with Gasteiger partial charge in [-0.3, -0.25) is 0 Å². The fourth-order valence-electron chi connectivity index (χ4n) is 10.7. The van der Waals surface area contributed by atoms with Crippen molar-refractivity contribution >= 4 is 13.8 Å². The van der Waals surface area contributed by atoms with Crippen LogP contribution in [0.15, 0.2) is 60.2 Å². The number of hydrogen-bond donors (Lipinski definition) is 0. The summed E-state index contributed by atoms with van der Waals surface area (Å²) in [5.74, 6) is 1.33. The first-order valence-electron chi connectivity index (χ1n) is 18.9. The third-order valence-corrected chi connectivity index (χ3v) is 16.9. The molecule has 1 nitrogen and oxygen atoms in total. The zero-order chi connectivity index (χ0) is 33.9. The average molecular weight is 638 g/mol. The van der Waals surface area contributed by atoms with E-state index in [1.165, 1.54) is 73.6 Å². The summed E-state index contributed by atoms with van der Waals surface area (Å²) >= 11 is 0. The minimum absolute atomic E-state index is 0.131. The molecule has 0 heterocycles. The Hall–Kier alpha value is -1.90. The van der Waals surface area contributed by atoms with Gasteiger partial charge in [0.1, 0.15) is 8.24 Å². The van der Waals surface area contributed by atoms with Crippen molar-refractivity contribution in [3.05, 3.63) is 76.9 Å². The second-order valence-electron chi connectivity index (χ2n) is 18.8. The van der Waals surface area contributed by atoms with Crippen molar-refractivity contribution in [2.24, 2.45) is 11.8 Å². The fraction of sp³-hybridized carbons (Fsp3) is 0.636. The van der Waals surface area contributed by atoms with Gasteiger partial charge in [-0.1, -0.05) is 128 Å². The average Bonchev–Trinajstić information content (AvgIpc) is 3.49. The number of hydrogen-bond acceptors (Lipinski definition) is 1. The summed E-state index contributed by atoms with van der Waals surface area (Å²) in [7, 11) is -1.81. The summed E-state index contributed by atoms with van der Waals surface area (Å²) in [6.07, 6.45) is 16.0. The van der Waals surface area contributed by atoms with E-state index in [1.807, 2.05) is 0 Å². The van der Waals surface area contributed by atoms with Gasteiger partial charge >= 0.3 is 0 Å². The molecule has 0 radical (unpaired) electrons. The van der Waals surface area contributed by atoms with Crippen LogP contribution in [0.25, 0.3) is 16.7 Å². The molecule has 0 bridgehead atoms. The van der Waals surface area contributed by atoms with Gasteiger partial charge in [-0.05, 0) is 129 Å². The van der Waals surface area contributed by atoms with Gasteiger partial charge in [0.05, 0.1) is 0 Å². The van der Waals surface area contributed by atoms with E-state index in [0.29, 0.717) is 11.8 Å². The molecule has 0 aromatic heterocycles. The van der Waals surface area contributed by atoms with Gasteiger partial charge < -0.3 is 4.57 Å². The van der Waals surface area contributed by atoms with Gasteiger partial charge in [-0.25, -0.2) is 0 Å². The number of nitrogens with zero attached hydrogens (tertiary/aromatic N) is 1. The van der Waals surface area contributed by atoms with Crippen molar-refractivity contribution in [3.8, 4) is 11.1 Å². The van der Waals surface area contributed by atoms with Gasteiger partial charge in [-0.15, -0.1) is 0 Å². The van der Waals surface area contributed by atoms with Crippen molar-refractivity contribution in [1.29, 1.82) is 0 Å². The Kier molecular flexibility index (Phi) is 9.64. The highest BCUT2D eigenvalue weighted by molar-refractivity contribution is 6.76. The molecule has 1 saturated carbocycles. The third-order valence-electron chi connectivity index (χ3n) is 12.0. The van der Waals surface area contributed by atoms with Crippen molar-refractivity contribution in [3.63, 3.8) is 0 Å². The molecule has 5 rings (SSSR count). The minimum Gasteiger partial charge on any atom is -0.314 e. The first-order valence-corrected chi connectivity index (χ1v) is 21.9. The molecule has 3 unspecified atom stereocenters. The Bertz CT molecular complexity index is 1430. The summed E-state index contributed by atoms with van der Waals surface area (Å²) in [6.45, 7) is 31.8. The second kappa shape index (κ2) is 12.5. The summed E-state index contributed by atoms with van der Waals surface area (Å²) in [6, 6.07) is 17.0. The molecule has 0 amide bonds. The maximum absolute atomic E-state index is 2.99. The van der Waals surface area contributed by atoms with E-state index in [4.69, 9.17) is 0 Å². The monoisotopic (exact) mass is 638 g/mol. The molecule has 0 spiro atoms. The third kappa shape index (κ3) is 6.32. The molecule has 2 aromatic rings. The zero-order valence-corrected chi connectivity index (χ0v) is 33.0. The molecule has 2 heteroatoms. The van der Waals surface area contributed by atoms with Crippen molar-refractivity contribution in [2.45, 2.75) is 168 Å². The molecule has 1 fully saturated rings. The fourth-order valence-corrected chi connectivity index (χ4v) is 16.7. The lowest BCUT2D eigenvalue weighted by atomic mass is 9.68. The molecular formula is C44H67NSi. The van der Waals surface area contributed by atoms with Gasteiger partial charge in [-0.2, -0.15) is 0 Å². The topological polar surface area (TPSA) is 3.24 Å². The highest BCUT2D eigenvalue weighted by Gasteiger charge is 2.55. The molecule has 2 aromatic carbocycles. The molecule has 0 saturated heterocycles. The van der Waals surface area contributed by atoms with Crippen LogP contribution in [0.2, 0.25) is 18.6 Å². The van der Waals surface area contributed by atoms with Crippen LogP contribution >= 0.6 is 0 Å². The van der Waals surface area contributed by atoms with Crippen LogP contribution in [-0.4, -0.2) is 23.9 Å². The Morgan fingerprint density at radius 1 is 0.739 bits per heavy atom. The van der Waals surface area contributed by atoms with E-state index in [0.717, 1.165) is 5.54 Å². The van der Waals surface area contributed by atoms with Crippen molar-refractivity contribution < 1.29 is 0 Å². The van der Waals surface area contributed by atoms with Gasteiger partial charge in [0.15, 0.2) is 0 Å². The Balaban J connectivity index is 1.63. The predicted octanol–water partition coefficient (Wildman–Crippen LogP) is 13.1. The van der Waals surface area contributed by atoms with E-state index in [1.54, 1.807) is 16.7 Å². The van der Waals surface area contributed by atoms with Gasteiger partial charge in [0, 0.05) is 16.5 Å². The Labute approximate surface area is 285 Å². The number of rotatable bonds is 9. The lowest BCUT2D eigenvalue weighted by Gasteiger charge is -2.57. The minimum atomic E-state index is -1.81. The first-order chi connectivity index (χ1) is 21.4. The zero-order valence-electron chi connectivity index (χ0n) is 32.0. The largest absolute Gasteiger partial charge is 0.314 e. The molecule has 3 atom stereocenters. The van der Waals surface area contributed by atoms with Crippen LogP contribution in [0.1, 0.15) is 144 Å². The Morgan fingerprint density at radius 3 is 1.83 bits per heavy atom. The summed E-state index contributed by atoms with van der Waals surface area (Å²) in [4.78, 5) is 0. The smallest absolute Gasteiger partial charge is 0.126 e. The number of fused-ring (bicyclic) bond motifs is 4. The van der Waals surface area contributed by atoms with E-state index in [-0.39, 0.29) is 21.9 Å². The normalized spacial score (nSPS) is 22.8. The summed E-state index contributed by atoms with van der Waals surface area (Å²) in [5, 5.41) is 0. The molecule has 0 aliphatic heterocycles. The second-order valence-corrected chi connectivity index (χ2v) is 23.3. The molecule has 3 aliphatic rings. The Morgan fingerprint density at radius 2 is 1.30 bits per heavy atom. The number of unbranched alkanes of at least 4 members (excludes halogenated alkanes) is 2. The highest BCUT2D eigenvalue weighted by atomic mass is 28.3. The van der Waals surface area contributed by atoms with Crippen molar-refractivity contribution in [1.82, 2.24) is 4.57 Å². The molecule has 46 heavy (non-hydrogen) atoms. The maximum Gasteiger partial charge on any atom is 0.126 e. The van der Waals surface area contributed by atoms with E-state index in [9.17, 15) is 0 Å². The van der Waals surface area contributed by atoms with Crippen LogP contribution in [0.3, 0.4) is 0 Å². The number of benzene rings is 2. The lowest BCUT2D eigenvalue weighted by molar-refractivity contribution is 0.122. The summed E-state index contributed by atoms with van der Waals surface area (Å²) in [5.41, 5.74) is 12.0. The van der Waals surface area contributed by atoms with Gasteiger partial charge in [0.25, 0.3) is 0 Å². The van der Waals surface area contributed by atoms with Crippen molar-refractivity contribution in [2.75, 3.05) is 0 Å².